The Morgan fingerprint density at radius 1 is 1.19 bits per heavy atom. The molecule has 3 aromatic rings. The number of non-ortho nitro benzene ring substituents is 1. The zero-order chi connectivity index (χ0) is 18.5. The van der Waals surface area contributed by atoms with Crippen molar-refractivity contribution in [1.29, 1.82) is 0 Å². The van der Waals surface area contributed by atoms with Gasteiger partial charge < -0.3 is 4.42 Å². The van der Waals surface area contributed by atoms with Crippen molar-refractivity contribution >= 4 is 35.3 Å². The highest BCUT2D eigenvalue weighted by Crippen LogP contribution is 2.22. The summed E-state index contributed by atoms with van der Waals surface area (Å²) in [6.45, 7) is 0. The molecule has 1 N–H and O–H groups in total. The standard InChI is InChI=1S/C17H11ClN4O4/c18-13-5-2-4-12(10-13)16-20-21-17(26-16)19-15(23)8-7-11-3-1-6-14(9-11)22(24)25/h1-10H,(H,19,21,23). The van der Waals surface area contributed by atoms with Gasteiger partial charge in [0, 0.05) is 28.8 Å². The van der Waals surface area contributed by atoms with Crippen LogP contribution in [0.2, 0.25) is 5.02 Å². The summed E-state index contributed by atoms with van der Waals surface area (Å²) in [5.74, 6) is -0.303. The monoisotopic (exact) mass is 370 g/mol. The Morgan fingerprint density at radius 3 is 2.77 bits per heavy atom. The number of carbonyl (C=O) groups is 1. The van der Waals surface area contributed by atoms with E-state index < -0.39 is 10.8 Å². The molecule has 0 spiro atoms. The lowest BCUT2D eigenvalue weighted by Crippen LogP contribution is -2.07. The van der Waals surface area contributed by atoms with Crippen LogP contribution < -0.4 is 5.32 Å². The van der Waals surface area contributed by atoms with Gasteiger partial charge in [0.05, 0.1) is 4.92 Å². The molecule has 0 aliphatic heterocycles. The van der Waals surface area contributed by atoms with Crippen molar-refractivity contribution in [3.05, 3.63) is 75.3 Å². The predicted molar refractivity (Wildman–Crippen MR) is 95.5 cm³/mol. The minimum absolute atomic E-state index is 0.0596. The van der Waals surface area contributed by atoms with E-state index in [2.05, 4.69) is 15.5 Å². The molecule has 9 heteroatoms. The first-order chi connectivity index (χ1) is 12.5. The second kappa shape index (κ2) is 7.58. The van der Waals surface area contributed by atoms with E-state index in [1.807, 2.05) is 0 Å². The number of aromatic nitrogens is 2. The van der Waals surface area contributed by atoms with E-state index in [4.69, 9.17) is 16.0 Å². The van der Waals surface area contributed by atoms with Crippen molar-refractivity contribution in [2.24, 2.45) is 0 Å². The maximum absolute atomic E-state index is 11.9. The third-order valence-corrected chi connectivity index (χ3v) is 3.47. The maximum atomic E-state index is 11.9. The van der Waals surface area contributed by atoms with Gasteiger partial charge in [-0.2, -0.15) is 0 Å². The summed E-state index contributed by atoms with van der Waals surface area (Å²) < 4.78 is 5.36. The molecule has 1 aromatic heterocycles. The number of halogens is 1. The van der Waals surface area contributed by atoms with Crippen LogP contribution in [0, 0.1) is 10.1 Å². The van der Waals surface area contributed by atoms with Crippen LogP contribution in [0.25, 0.3) is 17.5 Å². The molecule has 0 aliphatic carbocycles. The number of rotatable bonds is 5. The molecule has 0 radical (unpaired) electrons. The van der Waals surface area contributed by atoms with Crippen LogP contribution in [-0.4, -0.2) is 21.0 Å². The van der Waals surface area contributed by atoms with Crippen LogP contribution in [0.15, 0.2) is 59.0 Å². The van der Waals surface area contributed by atoms with Crippen molar-refractivity contribution in [1.82, 2.24) is 10.2 Å². The highest BCUT2D eigenvalue weighted by molar-refractivity contribution is 6.30. The van der Waals surface area contributed by atoms with Gasteiger partial charge in [-0.05, 0) is 29.8 Å². The maximum Gasteiger partial charge on any atom is 0.322 e. The molecule has 0 unspecified atom stereocenters. The Hall–Kier alpha value is -3.52. The van der Waals surface area contributed by atoms with Crippen LogP contribution in [0.4, 0.5) is 11.7 Å². The predicted octanol–water partition coefficient (Wildman–Crippen LogP) is 3.95. The molecule has 1 amide bonds. The van der Waals surface area contributed by atoms with Gasteiger partial charge in [0.2, 0.25) is 5.89 Å². The summed E-state index contributed by atoms with van der Waals surface area (Å²) >= 11 is 5.91. The fourth-order valence-electron chi connectivity index (χ4n) is 2.07. The average molecular weight is 371 g/mol. The minimum Gasteiger partial charge on any atom is -0.403 e. The van der Waals surface area contributed by atoms with E-state index in [0.29, 0.717) is 16.1 Å². The number of carbonyl (C=O) groups excluding carboxylic acids is 1. The van der Waals surface area contributed by atoms with E-state index in [0.717, 1.165) is 0 Å². The van der Waals surface area contributed by atoms with Gasteiger partial charge in [-0.15, -0.1) is 5.10 Å². The van der Waals surface area contributed by atoms with Crippen molar-refractivity contribution < 1.29 is 14.1 Å². The number of hydrogen-bond acceptors (Lipinski definition) is 6. The molecule has 8 nitrogen and oxygen atoms in total. The Labute approximate surface area is 152 Å². The Kier molecular flexibility index (Phi) is 5.04. The molecular weight excluding hydrogens is 360 g/mol. The molecule has 3 rings (SSSR count). The summed E-state index contributed by atoms with van der Waals surface area (Å²) in [6.07, 6.45) is 2.65. The Balaban J connectivity index is 1.67. The second-order valence-corrected chi connectivity index (χ2v) is 5.53. The van der Waals surface area contributed by atoms with Crippen LogP contribution in [0.5, 0.6) is 0 Å². The summed E-state index contributed by atoms with van der Waals surface area (Å²) in [4.78, 5) is 22.2. The zero-order valence-electron chi connectivity index (χ0n) is 13.1. The zero-order valence-corrected chi connectivity index (χ0v) is 13.9. The first-order valence-electron chi connectivity index (χ1n) is 7.34. The third kappa shape index (κ3) is 4.31. The van der Waals surface area contributed by atoms with Gasteiger partial charge in [0.15, 0.2) is 0 Å². The lowest BCUT2D eigenvalue weighted by atomic mass is 10.2. The molecular formula is C17H11ClN4O4. The second-order valence-electron chi connectivity index (χ2n) is 5.10. The van der Waals surface area contributed by atoms with E-state index in [-0.39, 0.29) is 17.6 Å². The average Bonchev–Trinajstić information content (AvgIpc) is 3.09. The fourth-order valence-corrected chi connectivity index (χ4v) is 2.26. The number of nitro groups is 1. The van der Waals surface area contributed by atoms with Crippen LogP contribution in [0.3, 0.4) is 0 Å². The first-order valence-corrected chi connectivity index (χ1v) is 7.72. The summed E-state index contributed by atoms with van der Waals surface area (Å²) in [5, 5.41) is 21.3. The molecule has 26 heavy (non-hydrogen) atoms. The van der Waals surface area contributed by atoms with Crippen molar-refractivity contribution in [3.63, 3.8) is 0 Å². The quantitative estimate of drug-likeness (QED) is 0.413. The van der Waals surface area contributed by atoms with E-state index >= 15 is 0 Å². The highest BCUT2D eigenvalue weighted by Gasteiger charge is 2.10. The van der Waals surface area contributed by atoms with Crippen LogP contribution in [0.1, 0.15) is 5.56 Å². The topological polar surface area (TPSA) is 111 Å². The van der Waals surface area contributed by atoms with Crippen LogP contribution >= 0.6 is 11.6 Å². The summed E-state index contributed by atoms with van der Waals surface area (Å²) in [6, 6.07) is 12.7. The molecule has 130 valence electrons. The van der Waals surface area contributed by atoms with Crippen molar-refractivity contribution in [3.8, 4) is 11.5 Å². The van der Waals surface area contributed by atoms with Gasteiger partial charge in [-0.3, -0.25) is 20.2 Å². The van der Waals surface area contributed by atoms with E-state index in [1.165, 1.54) is 30.4 Å². The third-order valence-electron chi connectivity index (χ3n) is 3.23. The smallest absolute Gasteiger partial charge is 0.322 e. The normalized spacial score (nSPS) is 10.8. The summed E-state index contributed by atoms with van der Waals surface area (Å²) in [5.41, 5.74) is 1.08. The lowest BCUT2D eigenvalue weighted by Gasteiger charge is -1.96. The number of nitrogens with one attached hydrogen (secondary N) is 1. The van der Waals surface area contributed by atoms with Crippen molar-refractivity contribution in [2.75, 3.05) is 5.32 Å². The number of nitro benzene ring substituents is 1. The highest BCUT2D eigenvalue weighted by atomic mass is 35.5. The molecule has 1 heterocycles. The molecule has 0 saturated heterocycles. The van der Waals surface area contributed by atoms with Crippen molar-refractivity contribution in [2.45, 2.75) is 0 Å². The molecule has 0 atom stereocenters. The SMILES string of the molecule is O=C(C=Cc1cccc([N+](=O)[O-])c1)Nc1nnc(-c2cccc(Cl)c2)o1. The number of benzene rings is 2. The largest absolute Gasteiger partial charge is 0.403 e. The van der Waals surface area contributed by atoms with Gasteiger partial charge >= 0.3 is 6.01 Å². The number of anilines is 1. The first kappa shape index (κ1) is 17.3. The van der Waals surface area contributed by atoms with Gasteiger partial charge in [0.1, 0.15) is 0 Å². The van der Waals surface area contributed by atoms with E-state index in [9.17, 15) is 14.9 Å². The molecule has 0 saturated carbocycles. The lowest BCUT2D eigenvalue weighted by molar-refractivity contribution is -0.384. The molecule has 0 bridgehead atoms. The van der Waals surface area contributed by atoms with E-state index in [1.54, 1.807) is 30.3 Å². The van der Waals surface area contributed by atoms with Crippen LogP contribution in [-0.2, 0) is 4.79 Å². The molecule has 2 aromatic carbocycles. The summed E-state index contributed by atoms with van der Waals surface area (Å²) in [7, 11) is 0. The molecule has 0 aliphatic rings. The minimum atomic E-state index is -0.516. The van der Waals surface area contributed by atoms with Gasteiger partial charge in [-0.1, -0.05) is 34.9 Å². The number of nitrogens with zero attached hydrogens (tertiary/aromatic N) is 3. The van der Waals surface area contributed by atoms with Gasteiger partial charge in [0.25, 0.3) is 11.6 Å². The Bertz CT molecular complexity index is 1000. The Morgan fingerprint density at radius 2 is 2.00 bits per heavy atom. The number of hydrogen-bond donors (Lipinski definition) is 1. The van der Waals surface area contributed by atoms with Gasteiger partial charge in [-0.25, -0.2) is 0 Å². The molecule has 0 fully saturated rings. The fraction of sp³-hybridized carbons (Fsp3) is 0. The number of amides is 1.